The van der Waals surface area contributed by atoms with E-state index in [4.69, 9.17) is 16.5 Å². The number of hydrogen-bond donors (Lipinski definition) is 2. The van der Waals surface area contributed by atoms with Crippen molar-refractivity contribution in [2.75, 3.05) is 11.5 Å². The topological polar surface area (TPSA) is 77.8 Å². The number of fused-ring (bicyclic) bond motifs is 1. The van der Waals surface area contributed by atoms with Gasteiger partial charge in [-0.1, -0.05) is 37.6 Å². The molecular formula is C21H22N4S3. The van der Waals surface area contributed by atoms with Crippen molar-refractivity contribution < 1.29 is 0 Å². The molecule has 0 radical (unpaired) electrons. The molecule has 144 valence electrons. The van der Waals surface area contributed by atoms with Gasteiger partial charge in [-0.3, -0.25) is 0 Å². The summed E-state index contributed by atoms with van der Waals surface area (Å²) in [5, 5.41) is 3.95. The Morgan fingerprint density at radius 2 is 2.00 bits per heavy atom. The highest BCUT2D eigenvalue weighted by Gasteiger charge is 2.18. The van der Waals surface area contributed by atoms with Crippen molar-refractivity contribution in [2.24, 2.45) is 5.73 Å². The van der Waals surface area contributed by atoms with Crippen LogP contribution in [0.25, 0.3) is 32.0 Å². The van der Waals surface area contributed by atoms with E-state index in [0.29, 0.717) is 6.54 Å². The molecule has 28 heavy (non-hydrogen) atoms. The van der Waals surface area contributed by atoms with Crippen LogP contribution in [-0.2, 0) is 6.54 Å². The number of rotatable bonds is 7. The molecule has 0 saturated heterocycles. The molecule has 4 rings (SSSR count). The maximum Gasteiger partial charge on any atom is 0.141 e. The van der Waals surface area contributed by atoms with E-state index in [0.717, 1.165) is 53.3 Å². The van der Waals surface area contributed by atoms with Gasteiger partial charge in [-0.2, -0.15) is 0 Å². The molecule has 0 saturated carbocycles. The van der Waals surface area contributed by atoms with E-state index in [1.165, 1.54) is 12.8 Å². The van der Waals surface area contributed by atoms with Crippen LogP contribution < -0.4 is 11.5 Å². The minimum Gasteiger partial charge on any atom is -0.397 e. The van der Waals surface area contributed by atoms with E-state index in [1.54, 1.807) is 22.7 Å². The molecule has 0 aliphatic rings. The summed E-state index contributed by atoms with van der Waals surface area (Å²) in [5.41, 5.74) is 17.4. The first kappa shape index (κ1) is 19.4. The van der Waals surface area contributed by atoms with Crippen LogP contribution in [0.1, 0.15) is 25.3 Å². The number of hydrogen-bond acceptors (Lipinski definition) is 7. The monoisotopic (exact) mass is 426 g/mol. The Balaban J connectivity index is 1.88. The summed E-state index contributed by atoms with van der Waals surface area (Å²) in [4.78, 5) is 10.3. The van der Waals surface area contributed by atoms with Crippen LogP contribution in [-0.4, -0.2) is 15.7 Å². The van der Waals surface area contributed by atoms with Gasteiger partial charge in [-0.05, 0) is 34.9 Å². The zero-order valence-electron chi connectivity index (χ0n) is 15.6. The van der Waals surface area contributed by atoms with Gasteiger partial charge in [0.15, 0.2) is 0 Å². The van der Waals surface area contributed by atoms with Crippen molar-refractivity contribution in [2.45, 2.75) is 30.5 Å². The Morgan fingerprint density at radius 1 is 1.18 bits per heavy atom. The molecule has 4 N–H and O–H groups in total. The largest absolute Gasteiger partial charge is 0.397 e. The van der Waals surface area contributed by atoms with E-state index < -0.39 is 0 Å². The summed E-state index contributed by atoms with van der Waals surface area (Å²) in [5.74, 6) is 1.08. The molecular weight excluding hydrogens is 404 g/mol. The average molecular weight is 427 g/mol. The molecule has 1 aromatic carbocycles. The third kappa shape index (κ3) is 3.80. The second kappa shape index (κ2) is 8.61. The van der Waals surface area contributed by atoms with Gasteiger partial charge in [0.05, 0.1) is 9.90 Å². The fraction of sp³-hybridized carbons (Fsp3) is 0.238. The molecule has 4 nitrogen and oxygen atoms in total. The van der Waals surface area contributed by atoms with Crippen molar-refractivity contribution in [3.63, 3.8) is 0 Å². The number of nitrogens with two attached hydrogens (primary N) is 2. The Kier molecular flexibility index (Phi) is 5.96. The van der Waals surface area contributed by atoms with Crippen LogP contribution in [0.2, 0.25) is 0 Å². The molecule has 0 fully saturated rings. The fourth-order valence-corrected chi connectivity index (χ4v) is 6.07. The number of benzene rings is 1. The number of nitrogen functional groups attached to an aromatic ring is 1. The molecule has 3 aromatic heterocycles. The molecule has 3 heterocycles. The van der Waals surface area contributed by atoms with Gasteiger partial charge in [0.25, 0.3) is 0 Å². The predicted molar refractivity (Wildman–Crippen MR) is 124 cm³/mol. The summed E-state index contributed by atoms with van der Waals surface area (Å²) in [6.07, 6.45) is 4.18. The maximum atomic E-state index is 6.60. The normalized spacial score (nSPS) is 11.4. The van der Waals surface area contributed by atoms with Crippen molar-refractivity contribution in [1.82, 2.24) is 9.97 Å². The lowest BCUT2D eigenvalue weighted by Crippen LogP contribution is -1.95. The highest BCUT2D eigenvalue weighted by atomic mass is 32.2. The molecule has 0 amide bonds. The van der Waals surface area contributed by atoms with Gasteiger partial charge in [0.2, 0.25) is 0 Å². The molecule has 0 bridgehead atoms. The second-order valence-corrected chi connectivity index (χ2v) is 9.74. The van der Waals surface area contributed by atoms with E-state index in [1.807, 2.05) is 23.3 Å². The van der Waals surface area contributed by atoms with Crippen LogP contribution in [0, 0.1) is 0 Å². The zero-order valence-corrected chi connectivity index (χ0v) is 18.1. The molecule has 0 aliphatic carbocycles. The molecule has 4 aromatic rings. The summed E-state index contributed by atoms with van der Waals surface area (Å²) in [7, 11) is 0. The Morgan fingerprint density at radius 3 is 2.68 bits per heavy atom. The third-order valence-electron chi connectivity index (χ3n) is 4.55. The van der Waals surface area contributed by atoms with Crippen LogP contribution in [0.3, 0.4) is 0 Å². The lowest BCUT2D eigenvalue weighted by Gasteiger charge is -2.08. The van der Waals surface area contributed by atoms with Crippen LogP contribution >= 0.6 is 34.4 Å². The highest BCUT2D eigenvalue weighted by Crippen LogP contribution is 2.45. The van der Waals surface area contributed by atoms with E-state index in [9.17, 15) is 0 Å². The van der Waals surface area contributed by atoms with Crippen molar-refractivity contribution in [3.8, 4) is 21.8 Å². The third-order valence-corrected chi connectivity index (χ3v) is 7.82. The van der Waals surface area contributed by atoms with Crippen LogP contribution in [0.4, 0.5) is 5.69 Å². The SMILES string of the molecule is CCCCSc1sc2nc(-c3nccs3)cc(-c3ccc(CN)cc3)c2c1N. The van der Waals surface area contributed by atoms with Crippen LogP contribution in [0.15, 0.2) is 46.1 Å². The minimum absolute atomic E-state index is 0.537. The Bertz CT molecular complexity index is 1070. The summed E-state index contributed by atoms with van der Waals surface area (Å²) in [6, 6.07) is 10.5. The number of pyridine rings is 1. The number of anilines is 1. The van der Waals surface area contributed by atoms with Gasteiger partial charge in [-0.15, -0.1) is 34.4 Å². The fourth-order valence-electron chi connectivity index (χ4n) is 3.02. The number of thiazole rings is 1. The summed E-state index contributed by atoms with van der Waals surface area (Å²) in [6.45, 7) is 2.75. The molecule has 0 aliphatic heterocycles. The van der Waals surface area contributed by atoms with Gasteiger partial charge in [0, 0.05) is 23.5 Å². The van der Waals surface area contributed by atoms with Crippen LogP contribution in [0.5, 0.6) is 0 Å². The first-order chi connectivity index (χ1) is 13.7. The minimum atomic E-state index is 0.537. The van der Waals surface area contributed by atoms with E-state index in [-0.39, 0.29) is 0 Å². The lowest BCUT2D eigenvalue weighted by molar-refractivity contribution is 0.897. The Hall–Kier alpha value is -1.93. The van der Waals surface area contributed by atoms with E-state index in [2.05, 4.69) is 42.2 Å². The van der Waals surface area contributed by atoms with Gasteiger partial charge >= 0.3 is 0 Å². The first-order valence-corrected chi connectivity index (χ1v) is 11.9. The summed E-state index contributed by atoms with van der Waals surface area (Å²) < 4.78 is 1.16. The van der Waals surface area contributed by atoms with Gasteiger partial charge in [0.1, 0.15) is 15.5 Å². The number of unbranched alkanes of at least 4 members (excludes halogenated alkanes) is 1. The van der Waals surface area contributed by atoms with Crippen molar-refractivity contribution >= 4 is 50.3 Å². The molecule has 0 spiro atoms. The zero-order chi connectivity index (χ0) is 19.5. The van der Waals surface area contributed by atoms with Crippen molar-refractivity contribution in [3.05, 3.63) is 47.5 Å². The van der Waals surface area contributed by atoms with Gasteiger partial charge < -0.3 is 11.5 Å². The number of thiophene rings is 1. The standard InChI is InChI=1S/C21H22N4S3/c1-2-3-9-27-21-18(23)17-15(14-6-4-13(12-22)5-7-14)11-16(25-20(17)28-21)19-24-8-10-26-19/h4-8,10-11H,2-3,9,12,22-23H2,1H3. The van der Waals surface area contributed by atoms with E-state index >= 15 is 0 Å². The molecule has 7 heteroatoms. The number of thioether (sulfide) groups is 1. The second-order valence-electron chi connectivity index (χ2n) is 6.48. The first-order valence-electron chi connectivity index (χ1n) is 9.26. The van der Waals surface area contributed by atoms with Crippen molar-refractivity contribution in [1.29, 1.82) is 0 Å². The molecule has 0 atom stereocenters. The lowest BCUT2D eigenvalue weighted by atomic mass is 10.0. The number of aromatic nitrogens is 2. The smallest absolute Gasteiger partial charge is 0.141 e. The summed E-state index contributed by atoms with van der Waals surface area (Å²) >= 11 is 5.12. The van der Waals surface area contributed by atoms with Gasteiger partial charge in [-0.25, -0.2) is 9.97 Å². The Labute approximate surface area is 177 Å². The quantitative estimate of drug-likeness (QED) is 0.279. The maximum absolute atomic E-state index is 6.60. The average Bonchev–Trinajstić information content (AvgIpc) is 3.37. The highest BCUT2D eigenvalue weighted by molar-refractivity contribution is 8.01. The number of nitrogens with zero attached hydrogens (tertiary/aromatic N) is 2. The predicted octanol–water partition coefficient (Wildman–Crippen LogP) is 6.02. The molecule has 0 unspecified atom stereocenters.